The number of alkyl halides is 1. The number of pyridine rings is 1. The summed E-state index contributed by atoms with van der Waals surface area (Å²) < 4.78 is 25.4. The van der Waals surface area contributed by atoms with E-state index >= 15 is 0 Å². The van der Waals surface area contributed by atoms with E-state index in [2.05, 4.69) is 27.6 Å². The number of aromatic nitrogens is 1. The Morgan fingerprint density at radius 2 is 1.93 bits per heavy atom. The van der Waals surface area contributed by atoms with E-state index in [4.69, 9.17) is 9.47 Å². The summed E-state index contributed by atoms with van der Waals surface area (Å²) in [4.78, 5) is 15.8. The van der Waals surface area contributed by atoms with Crippen LogP contribution in [0, 0.1) is 11.7 Å². The lowest BCUT2D eigenvalue weighted by Crippen LogP contribution is -2.25. The van der Waals surface area contributed by atoms with Gasteiger partial charge in [0.15, 0.2) is 0 Å². The van der Waals surface area contributed by atoms with Crippen LogP contribution in [0.25, 0.3) is 11.1 Å². The second-order valence-electron chi connectivity index (χ2n) is 6.87. The van der Waals surface area contributed by atoms with Gasteiger partial charge in [0.25, 0.3) is 0 Å². The van der Waals surface area contributed by atoms with E-state index in [0.717, 1.165) is 36.8 Å². The fraction of sp³-hybridized carbons (Fsp3) is 0.429. The third-order valence-electron chi connectivity index (χ3n) is 5.03. The van der Waals surface area contributed by atoms with Crippen molar-refractivity contribution in [3.8, 4) is 17.0 Å². The zero-order chi connectivity index (χ0) is 19.2. The Morgan fingerprint density at radius 3 is 2.52 bits per heavy atom. The molecule has 27 heavy (non-hydrogen) atoms. The van der Waals surface area contributed by atoms with Crippen LogP contribution in [0.15, 0.2) is 36.5 Å². The number of carbonyl (C=O) groups is 1. The van der Waals surface area contributed by atoms with Crippen molar-refractivity contribution in [1.29, 1.82) is 0 Å². The van der Waals surface area contributed by atoms with E-state index in [0.29, 0.717) is 28.2 Å². The Morgan fingerprint density at radius 1 is 1.19 bits per heavy atom. The molecule has 1 heterocycles. The monoisotopic (exact) mass is 483 g/mol. The van der Waals surface area contributed by atoms with Crippen LogP contribution in [-0.4, -0.2) is 24.2 Å². The van der Waals surface area contributed by atoms with Gasteiger partial charge in [0, 0.05) is 28.7 Å². The molecule has 144 valence electrons. The molecule has 1 aliphatic rings. The summed E-state index contributed by atoms with van der Waals surface area (Å²) in [6, 6.07) is 9.02. The summed E-state index contributed by atoms with van der Waals surface area (Å²) >= 11 is 2.15. The summed E-state index contributed by atoms with van der Waals surface area (Å²) in [6.45, 7) is 0. The van der Waals surface area contributed by atoms with Gasteiger partial charge in [-0.05, 0) is 54.9 Å². The quantitative estimate of drug-likeness (QED) is 0.317. The van der Waals surface area contributed by atoms with Crippen LogP contribution >= 0.6 is 22.6 Å². The maximum Gasteiger partial charge on any atom is 0.305 e. The highest BCUT2D eigenvalue weighted by molar-refractivity contribution is 14.1. The maximum absolute atomic E-state index is 14.0. The van der Waals surface area contributed by atoms with E-state index in [-0.39, 0.29) is 17.9 Å². The smallest absolute Gasteiger partial charge is 0.305 e. The van der Waals surface area contributed by atoms with E-state index < -0.39 is 0 Å². The number of carbonyl (C=O) groups excluding carboxylic acids is 1. The fourth-order valence-corrected chi connectivity index (χ4v) is 4.02. The number of ether oxygens (including phenoxy) is 2. The minimum atomic E-state index is -0.189. The molecule has 0 atom stereocenters. The average Bonchev–Trinajstić information content (AvgIpc) is 2.70. The Labute approximate surface area is 172 Å². The lowest BCUT2D eigenvalue weighted by molar-refractivity contribution is -0.142. The van der Waals surface area contributed by atoms with Gasteiger partial charge in [0.2, 0.25) is 5.88 Å². The molecule has 0 aliphatic heterocycles. The molecule has 4 nitrogen and oxygen atoms in total. The number of benzene rings is 1. The first-order chi connectivity index (χ1) is 13.1. The van der Waals surface area contributed by atoms with Gasteiger partial charge in [0.05, 0.1) is 7.11 Å². The van der Waals surface area contributed by atoms with Crippen molar-refractivity contribution in [1.82, 2.24) is 4.98 Å². The van der Waals surface area contributed by atoms with Crippen LogP contribution in [0.4, 0.5) is 4.39 Å². The van der Waals surface area contributed by atoms with Gasteiger partial charge in [-0.1, -0.05) is 34.7 Å². The minimum absolute atomic E-state index is 0.123. The van der Waals surface area contributed by atoms with Gasteiger partial charge in [0.1, 0.15) is 11.9 Å². The summed E-state index contributed by atoms with van der Waals surface area (Å²) in [5.74, 6) is 0.637. The van der Waals surface area contributed by atoms with Crippen LogP contribution in [0.3, 0.4) is 0 Å². The molecule has 0 saturated heterocycles. The molecule has 2 aromatic rings. The molecular formula is C21H23FINO3. The largest absolute Gasteiger partial charge is 0.474 e. The number of nitrogens with zero attached hydrogens (tertiary/aromatic N) is 1. The number of esters is 1. The van der Waals surface area contributed by atoms with Gasteiger partial charge in [-0.2, -0.15) is 0 Å². The van der Waals surface area contributed by atoms with Crippen molar-refractivity contribution < 1.29 is 18.7 Å². The lowest BCUT2D eigenvalue weighted by Gasteiger charge is -2.28. The van der Waals surface area contributed by atoms with Gasteiger partial charge >= 0.3 is 5.97 Å². The minimum Gasteiger partial charge on any atom is -0.474 e. The first-order valence-corrected chi connectivity index (χ1v) is 10.7. The van der Waals surface area contributed by atoms with E-state index in [9.17, 15) is 9.18 Å². The van der Waals surface area contributed by atoms with Crippen molar-refractivity contribution in [2.24, 2.45) is 5.92 Å². The molecule has 0 unspecified atom stereocenters. The SMILES string of the molecule is COC(=O)CC1CCC(Oc2ccc(-c3ccc(CI)c(F)c3)cn2)CC1. The number of methoxy groups -OCH3 is 1. The second kappa shape index (κ2) is 9.48. The highest BCUT2D eigenvalue weighted by Crippen LogP contribution is 2.30. The number of hydrogen-bond acceptors (Lipinski definition) is 4. The normalized spacial score (nSPS) is 19.5. The highest BCUT2D eigenvalue weighted by atomic mass is 127. The molecular weight excluding hydrogens is 460 g/mol. The van der Waals surface area contributed by atoms with Crippen LogP contribution in [0.5, 0.6) is 5.88 Å². The molecule has 1 aromatic carbocycles. The van der Waals surface area contributed by atoms with Crippen molar-refractivity contribution >= 4 is 28.6 Å². The Balaban J connectivity index is 1.55. The zero-order valence-electron chi connectivity index (χ0n) is 15.3. The molecule has 3 rings (SSSR count). The molecule has 0 bridgehead atoms. The van der Waals surface area contributed by atoms with Gasteiger partial charge in [-0.15, -0.1) is 0 Å². The highest BCUT2D eigenvalue weighted by Gasteiger charge is 2.24. The molecule has 0 amide bonds. The molecule has 0 N–H and O–H groups in total. The second-order valence-corrected chi connectivity index (χ2v) is 7.63. The van der Waals surface area contributed by atoms with Crippen molar-refractivity contribution in [2.45, 2.75) is 42.6 Å². The molecule has 6 heteroatoms. The van der Waals surface area contributed by atoms with Gasteiger partial charge in [-0.25, -0.2) is 9.37 Å². The number of rotatable bonds is 6. The molecule has 0 spiro atoms. The molecule has 1 aromatic heterocycles. The fourth-order valence-electron chi connectivity index (χ4n) is 3.40. The first-order valence-electron chi connectivity index (χ1n) is 9.13. The van der Waals surface area contributed by atoms with Crippen molar-refractivity contribution in [3.05, 3.63) is 47.9 Å². The lowest BCUT2D eigenvalue weighted by atomic mass is 9.85. The third-order valence-corrected chi connectivity index (χ3v) is 5.85. The first kappa shape index (κ1) is 20.0. The Kier molecular flexibility index (Phi) is 7.04. The summed E-state index contributed by atoms with van der Waals surface area (Å²) in [5.41, 5.74) is 2.38. The molecule has 1 fully saturated rings. The molecule has 1 aliphatic carbocycles. The average molecular weight is 483 g/mol. The van der Waals surface area contributed by atoms with E-state index in [1.54, 1.807) is 12.3 Å². The number of halogens is 2. The Hall–Kier alpha value is -1.70. The third kappa shape index (κ3) is 5.40. The molecule has 1 saturated carbocycles. The van der Waals surface area contributed by atoms with Crippen LogP contribution in [-0.2, 0) is 14.0 Å². The summed E-state index contributed by atoms with van der Waals surface area (Å²) in [7, 11) is 1.43. The predicted octanol–water partition coefficient (Wildman–Crippen LogP) is 5.32. The van der Waals surface area contributed by atoms with Crippen LogP contribution in [0.2, 0.25) is 0 Å². The summed E-state index contributed by atoms with van der Waals surface area (Å²) in [6.07, 6.45) is 6.07. The number of hydrogen-bond donors (Lipinski definition) is 0. The molecule has 0 radical (unpaired) electrons. The van der Waals surface area contributed by atoms with Crippen molar-refractivity contribution in [3.63, 3.8) is 0 Å². The van der Waals surface area contributed by atoms with E-state index in [1.807, 2.05) is 24.3 Å². The van der Waals surface area contributed by atoms with Crippen molar-refractivity contribution in [2.75, 3.05) is 7.11 Å². The standard InChI is InChI=1S/C21H23FINO3/c1-26-21(25)10-14-2-7-18(8-3-14)27-20-9-6-17(13-24-20)15-4-5-16(12-23)19(22)11-15/h4-6,9,11,13-14,18H,2-3,7-8,10,12H2,1H3. The Bertz CT molecular complexity index is 773. The van der Waals surface area contributed by atoms with E-state index in [1.165, 1.54) is 7.11 Å². The zero-order valence-corrected chi connectivity index (χ0v) is 17.4. The topological polar surface area (TPSA) is 48.4 Å². The van der Waals surface area contributed by atoms with Gasteiger partial charge < -0.3 is 9.47 Å². The van der Waals surface area contributed by atoms with Crippen LogP contribution < -0.4 is 4.74 Å². The van der Waals surface area contributed by atoms with Crippen LogP contribution in [0.1, 0.15) is 37.7 Å². The maximum atomic E-state index is 14.0. The summed E-state index contributed by atoms with van der Waals surface area (Å²) in [5, 5.41) is 0. The van der Waals surface area contributed by atoms with Gasteiger partial charge in [-0.3, -0.25) is 4.79 Å². The predicted molar refractivity (Wildman–Crippen MR) is 110 cm³/mol.